The fraction of sp³-hybridized carbons (Fsp3) is 0.455. The second-order valence-electron chi connectivity index (χ2n) is 3.55. The standard InChI is InChI=1S/C11H14ClNO3S2/c12-9-4-3-8(18-9)6-17-7-10(14)13-5-1-2-11(15)16/h3-4H,1-2,5-7H2,(H,13,14)(H,15,16). The van der Waals surface area contributed by atoms with E-state index in [1.54, 1.807) is 0 Å². The van der Waals surface area contributed by atoms with Gasteiger partial charge in [-0.25, -0.2) is 0 Å². The molecule has 0 saturated carbocycles. The quantitative estimate of drug-likeness (QED) is 0.725. The van der Waals surface area contributed by atoms with E-state index in [-0.39, 0.29) is 12.3 Å². The van der Waals surface area contributed by atoms with Crippen molar-refractivity contribution in [3.63, 3.8) is 0 Å². The lowest BCUT2D eigenvalue weighted by atomic mass is 10.3. The van der Waals surface area contributed by atoms with E-state index in [9.17, 15) is 9.59 Å². The molecular formula is C11H14ClNO3S2. The maximum Gasteiger partial charge on any atom is 0.303 e. The van der Waals surface area contributed by atoms with Crippen LogP contribution in [0.1, 0.15) is 17.7 Å². The molecule has 0 aromatic carbocycles. The molecule has 0 saturated heterocycles. The first-order valence-electron chi connectivity index (χ1n) is 5.38. The molecule has 1 rings (SSSR count). The van der Waals surface area contributed by atoms with E-state index in [2.05, 4.69) is 5.32 Å². The van der Waals surface area contributed by atoms with E-state index in [0.29, 0.717) is 18.7 Å². The number of nitrogens with one attached hydrogen (secondary N) is 1. The van der Waals surface area contributed by atoms with Gasteiger partial charge in [0.15, 0.2) is 0 Å². The minimum absolute atomic E-state index is 0.0620. The SMILES string of the molecule is O=C(O)CCCNC(=O)CSCc1ccc(Cl)s1. The summed E-state index contributed by atoms with van der Waals surface area (Å²) in [7, 11) is 0. The van der Waals surface area contributed by atoms with Gasteiger partial charge in [-0.15, -0.1) is 23.1 Å². The van der Waals surface area contributed by atoms with Gasteiger partial charge in [0.25, 0.3) is 0 Å². The van der Waals surface area contributed by atoms with E-state index in [4.69, 9.17) is 16.7 Å². The number of thioether (sulfide) groups is 1. The lowest BCUT2D eigenvalue weighted by Crippen LogP contribution is -2.26. The van der Waals surface area contributed by atoms with Gasteiger partial charge in [-0.1, -0.05) is 11.6 Å². The van der Waals surface area contributed by atoms with Crippen molar-refractivity contribution in [2.24, 2.45) is 0 Å². The fourth-order valence-corrected chi connectivity index (χ4v) is 3.25. The molecule has 0 aliphatic rings. The summed E-state index contributed by atoms with van der Waals surface area (Å²) in [6, 6.07) is 3.79. The molecule has 7 heteroatoms. The zero-order valence-corrected chi connectivity index (χ0v) is 12.0. The normalized spacial score (nSPS) is 10.3. The van der Waals surface area contributed by atoms with Crippen LogP contribution in [0.15, 0.2) is 12.1 Å². The zero-order valence-electron chi connectivity index (χ0n) is 9.65. The molecule has 4 nitrogen and oxygen atoms in total. The van der Waals surface area contributed by atoms with Gasteiger partial charge in [-0.2, -0.15) is 0 Å². The van der Waals surface area contributed by atoms with Crippen LogP contribution in [0.4, 0.5) is 0 Å². The number of carbonyl (C=O) groups is 2. The highest BCUT2D eigenvalue weighted by atomic mass is 35.5. The molecule has 0 bridgehead atoms. The third-order valence-corrected chi connectivity index (χ3v) is 4.39. The number of carbonyl (C=O) groups excluding carboxylic acids is 1. The molecule has 0 unspecified atom stereocenters. The second kappa shape index (κ2) is 8.39. The van der Waals surface area contributed by atoms with Crippen molar-refractivity contribution in [1.82, 2.24) is 5.32 Å². The number of hydrogen-bond acceptors (Lipinski definition) is 4. The van der Waals surface area contributed by atoms with Gasteiger partial charge in [0, 0.05) is 23.6 Å². The highest BCUT2D eigenvalue weighted by Crippen LogP contribution is 2.24. The summed E-state index contributed by atoms with van der Waals surface area (Å²) in [5.74, 6) is 0.240. The second-order valence-corrected chi connectivity index (χ2v) is 6.33. The summed E-state index contributed by atoms with van der Waals surface area (Å²) in [5.41, 5.74) is 0. The van der Waals surface area contributed by atoms with Crippen molar-refractivity contribution in [1.29, 1.82) is 0 Å². The van der Waals surface area contributed by atoms with Gasteiger partial charge >= 0.3 is 5.97 Å². The van der Waals surface area contributed by atoms with Gasteiger partial charge in [-0.05, 0) is 18.6 Å². The van der Waals surface area contributed by atoms with Crippen LogP contribution in [0.5, 0.6) is 0 Å². The van der Waals surface area contributed by atoms with Crippen molar-refractivity contribution < 1.29 is 14.7 Å². The van der Waals surface area contributed by atoms with Crippen molar-refractivity contribution in [3.8, 4) is 0 Å². The van der Waals surface area contributed by atoms with Gasteiger partial charge in [0.1, 0.15) is 0 Å². The number of halogens is 1. The van der Waals surface area contributed by atoms with Crippen molar-refractivity contribution in [3.05, 3.63) is 21.3 Å². The molecule has 1 heterocycles. The van der Waals surface area contributed by atoms with Crippen LogP contribution in [0.3, 0.4) is 0 Å². The molecule has 2 N–H and O–H groups in total. The summed E-state index contributed by atoms with van der Waals surface area (Å²) in [5, 5.41) is 11.1. The molecule has 1 amide bonds. The average molecular weight is 308 g/mol. The molecule has 100 valence electrons. The lowest BCUT2D eigenvalue weighted by molar-refractivity contribution is -0.137. The summed E-state index contributed by atoms with van der Waals surface area (Å²) in [4.78, 5) is 22.8. The number of carboxylic acid groups (broad SMARTS) is 1. The monoisotopic (exact) mass is 307 g/mol. The number of carboxylic acids is 1. The van der Waals surface area contributed by atoms with Crippen molar-refractivity contribution >= 4 is 46.6 Å². The van der Waals surface area contributed by atoms with Gasteiger partial charge < -0.3 is 10.4 Å². The molecule has 0 aliphatic carbocycles. The van der Waals surface area contributed by atoms with E-state index >= 15 is 0 Å². The van der Waals surface area contributed by atoms with Crippen LogP contribution in [0.2, 0.25) is 4.34 Å². The van der Waals surface area contributed by atoms with Gasteiger partial charge in [0.05, 0.1) is 10.1 Å². The molecule has 0 atom stereocenters. The molecule has 0 spiro atoms. The maximum absolute atomic E-state index is 11.4. The molecular weight excluding hydrogens is 294 g/mol. The number of thiophene rings is 1. The predicted octanol–water partition coefficient (Wildman–Crippen LogP) is 2.62. The largest absolute Gasteiger partial charge is 0.481 e. The third-order valence-electron chi connectivity index (χ3n) is 2.00. The van der Waals surface area contributed by atoms with E-state index in [0.717, 1.165) is 15.0 Å². The van der Waals surface area contributed by atoms with Crippen molar-refractivity contribution in [2.75, 3.05) is 12.3 Å². The summed E-state index contributed by atoms with van der Waals surface area (Å²) < 4.78 is 0.753. The average Bonchev–Trinajstić information content (AvgIpc) is 2.70. The highest BCUT2D eigenvalue weighted by molar-refractivity contribution is 7.99. The molecule has 0 aliphatic heterocycles. The molecule has 0 fully saturated rings. The first-order valence-corrected chi connectivity index (χ1v) is 7.73. The van der Waals surface area contributed by atoms with Gasteiger partial charge in [-0.3, -0.25) is 9.59 Å². The molecule has 1 aromatic heterocycles. The first kappa shape index (κ1) is 15.3. The van der Waals surface area contributed by atoms with Crippen LogP contribution in [0, 0.1) is 0 Å². The van der Waals surface area contributed by atoms with Crippen molar-refractivity contribution in [2.45, 2.75) is 18.6 Å². The minimum Gasteiger partial charge on any atom is -0.481 e. The van der Waals surface area contributed by atoms with Crippen LogP contribution >= 0.6 is 34.7 Å². The number of amides is 1. The Morgan fingerprint density at radius 1 is 1.44 bits per heavy atom. The smallest absolute Gasteiger partial charge is 0.303 e. The van der Waals surface area contributed by atoms with E-state index in [1.807, 2.05) is 12.1 Å². The third kappa shape index (κ3) is 6.88. The highest BCUT2D eigenvalue weighted by Gasteiger charge is 2.04. The predicted molar refractivity (Wildman–Crippen MR) is 75.4 cm³/mol. The fourth-order valence-electron chi connectivity index (χ4n) is 1.19. The Kier molecular flexibility index (Phi) is 7.15. The van der Waals surface area contributed by atoms with Crippen LogP contribution in [0.25, 0.3) is 0 Å². The first-order chi connectivity index (χ1) is 8.58. The zero-order chi connectivity index (χ0) is 13.4. The van der Waals surface area contributed by atoms with Crippen LogP contribution < -0.4 is 5.32 Å². The Morgan fingerprint density at radius 3 is 2.83 bits per heavy atom. The molecule has 1 aromatic rings. The Morgan fingerprint density at radius 2 is 2.22 bits per heavy atom. The van der Waals surface area contributed by atoms with Crippen LogP contribution in [-0.4, -0.2) is 29.3 Å². The Hall–Kier alpha value is -0.720. The summed E-state index contributed by atoms with van der Waals surface area (Å²) >= 11 is 8.82. The Bertz CT molecular complexity index is 409. The van der Waals surface area contributed by atoms with E-state index in [1.165, 1.54) is 23.1 Å². The van der Waals surface area contributed by atoms with E-state index < -0.39 is 5.97 Å². The molecule has 0 radical (unpaired) electrons. The summed E-state index contributed by atoms with van der Waals surface area (Å²) in [6.07, 6.45) is 0.549. The number of rotatable bonds is 8. The Labute approximate surface area is 119 Å². The Balaban J connectivity index is 2.05. The van der Waals surface area contributed by atoms with Gasteiger partial charge in [0.2, 0.25) is 5.91 Å². The maximum atomic E-state index is 11.4. The number of aliphatic carboxylic acids is 1. The van der Waals surface area contributed by atoms with Crippen LogP contribution in [-0.2, 0) is 15.3 Å². The molecule has 18 heavy (non-hydrogen) atoms. The topological polar surface area (TPSA) is 66.4 Å². The number of hydrogen-bond donors (Lipinski definition) is 2. The minimum atomic E-state index is -0.840. The summed E-state index contributed by atoms with van der Waals surface area (Å²) in [6.45, 7) is 0.413. The lowest BCUT2D eigenvalue weighted by Gasteiger charge is -2.03.